The molecule has 0 bridgehead atoms. The molecule has 1 aliphatic heterocycles. The minimum atomic E-state index is -0.0706. The summed E-state index contributed by atoms with van der Waals surface area (Å²) in [6, 6.07) is 7.60. The van der Waals surface area contributed by atoms with Gasteiger partial charge in [-0.2, -0.15) is 5.10 Å². The molecule has 0 unspecified atom stereocenters. The van der Waals surface area contributed by atoms with Crippen molar-refractivity contribution in [3.63, 3.8) is 0 Å². The molecule has 1 aromatic carbocycles. The maximum Gasteiger partial charge on any atom is 0.251 e. The fraction of sp³-hybridized carbons (Fsp3) is 0.444. The number of ether oxygens (including phenoxy) is 1. The van der Waals surface area contributed by atoms with Crippen molar-refractivity contribution in [2.24, 2.45) is 0 Å². The summed E-state index contributed by atoms with van der Waals surface area (Å²) in [7, 11) is 0. The lowest BCUT2D eigenvalue weighted by Crippen LogP contribution is -2.31. The number of aryl methyl sites for hydroxylation is 1. The molecule has 0 spiro atoms. The second kappa shape index (κ2) is 7.36. The number of carbonyl (C=O) groups excluding carboxylic acids is 1. The molecule has 128 valence electrons. The SMILES string of the molecule is Cc1nn(Cc2cccc(C(=O)NC[C@H]3CCCO3)c2)c(C)c1Cl. The fourth-order valence-corrected chi connectivity index (χ4v) is 3.06. The normalized spacial score (nSPS) is 17.2. The topological polar surface area (TPSA) is 56.2 Å². The third-order valence-corrected chi connectivity index (χ3v) is 4.88. The molecule has 0 saturated carbocycles. The van der Waals surface area contributed by atoms with Crippen LogP contribution in [-0.4, -0.2) is 34.9 Å². The van der Waals surface area contributed by atoms with Crippen molar-refractivity contribution in [2.45, 2.75) is 39.3 Å². The first-order valence-corrected chi connectivity index (χ1v) is 8.60. The van der Waals surface area contributed by atoms with Gasteiger partial charge in [-0.15, -0.1) is 0 Å². The van der Waals surface area contributed by atoms with E-state index in [0.29, 0.717) is 23.7 Å². The van der Waals surface area contributed by atoms with Crippen molar-refractivity contribution in [1.29, 1.82) is 0 Å². The molecular weight excluding hydrogens is 326 g/mol. The second-order valence-corrected chi connectivity index (χ2v) is 6.57. The Balaban J connectivity index is 1.66. The summed E-state index contributed by atoms with van der Waals surface area (Å²) in [6.45, 7) is 5.78. The summed E-state index contributed by atoms with van der Waals surface area (Å²) in [5.41, 5.74) is 3.42. The first kappa shape index (κ1) is 17.0. The molecule has 1 aromatic heterocycles. The summed E-state index contributed by atoms with van der Waals surface area (Å²) in [4.78, 5) is 12.3. The molecule has 0 radical (unpaired) electrons. The molecule has 5 nitrogen and oxygen atoms in total. The van der Waals surface area contributed by atoms with Gasteiger partial charge in [-0.05, 0) is 44.4 Å². The van der Waals surface area contributed by atoms with Gasteiger partial charge in [0.2, 0.25) is 0 Å². The van der Waals surface area contributed by atoms with Crippen molar-refractivity contribution in [3.8, 4) is 0 Å². The Hall–Kier alpha value is -1.85. The Labute approximate surface area is 147 Å². The van der Waals surface area contributed by atoms with Crippen molar-refractivity contribution >= 4 is 17.5 Å². The summed E-state index contributed by atoms with van der Waals surface area (Å²) in [6.07, 6.45) is 2.23. The zero-order valence-corrected chi connectivity index (χ0v) is 14.8. The maximum atomic E-state index is 12.3. The number of rotatable bonds is 5. The number of aromatic nitrogens is 2. The van der Waals surface area contributed by atoms with Crippen molar-refractivity contribution < 1.29 is 9.53 Å². The smallest absolute Gasteiger partial charge is 0.251 e. The van der Waals surface area contributed by atoms with E-state index in [9.17, 15) is 4.79 Å². The number of amides is 1. The van der Waals surface area contributed by atoms with Gasteiger partial charge in [-0.1, -0.05) is 23.7 Å². The van der Waals surface area contributed by atoms with Gasteiger partial charge in [0, 0.05) is 18.7 Å². The average Bonchev–Trinajstić information content (AvgIpc) is 3.18. The van der Waals surface area contributed by atoms with Gasteiger partial charge in [0.05, 0.1) is 29.1 Å². The summed E-state index contributed by atoms with van der Waals surface area (Å²) in [5.74, 6) is -0.0706. The van der Waals surface area contributed by atoms with Crippen molar-refractivity contribution in [3.05, 3.63) is 51.8 Å². The van der Waals surface area contributed by atoms with E-state index in [-0.39, 0.29) is 12.0 Å². The quantitative estimate of drug-likeness (QED) is 0.904. The first-order valence-electron chi connectivity index (χ1n) is 8.23. The van der Waals surface area contributed by atoms with Crippen LogP contribution in [0.2, 0.25) is 5.02 Å². The van der Waals surface area contributed by atoms with Crippen LogP contribution in [0.25, 0.3) is 0 Å². The van der Waals surface area contributed by atoms with Crippen LogP contribution < -0.4 is 5.32 Å². The number of nitrogens with one attached hydrogen (secondary N) is 1. The number of hydrogen-bond acceptors (Lipinski definition) is 3. The zero-order valence-electron chi connectivity index (χ0n) is 14.0. The van der Waals surface area contributed by atoms with Crippen LogP contribution in [0.3, 0.4) is 0 Å². The molecule has 1 fully saturated rings. The third-order valence-electron chi connectivity index (χ3n) is 4.33. The van der Waals surface area contributed by atoms with Gasteiger partial charge < -0.3 is 10.1 Å². The third kappa shape index (κ3) is 3.79. The second-order valence-electron chi connectivity index (χ2n) is 6.19. The highest BCUT2D eigenvalue weighted by atomic mass is 35.5. The molecule has 6 heteroatoms. The van der Waals surface area contributed by atoms with Gasteiger partial charge in [0.25, 0.3) is 5.91 Å². The zero-order chi connectivity index (χ0) is 17.1. The van der Waals surface area contributed by atoms with Crippen LogP contribution >= 0.6 is 11.6 Å². The van der Waals surface area contributed by atoms with E-state index in [1.807, 2.05) is 42.8 Å². The molecule has 1 N–H and O–H groups in total. The Morgan fingerprint density at radius 3 is 2.96 bits per heavy atom. The van der Waals surface area contributed by atoms with Gasteiger partial charge in [-0.3, -0.25) is 9.48 Å². The number of halogens is 1. The molecule has 1 aliphatic rings. The lowest BCUT2D eigenvalue weighted by atomic mass is 10.1. The first-order chi connectivity index (χ1) is 11.5. The Kier molecular flexibility index (Phi) is 5.21. The van der Waals surface area contributed by atoms with Crippen LogP contribution in [0.4, 0.5) is 0 Å². The molecule has 2 heterocycles. The lowest BCUT2D eigenvalue weighted by Gasteiger charge is -2.11. The Bertz CT molecular complexity index is 736. The van der Waals surface area contributed by atoms with E-state index < -0.39 is 0 Å². The molecule has 0 aliphatic carbocycles. The van der Waals surface area contributed by atoms with Crippen LogP contribution in [0.15, 0.2) is 24.3 Å². The van der Waals surface area contributed by atoms with Crippen LogP contribution in [0.1, 0.15) is 40.2 Å². The van der Waals surface area contributed by atoms with E-state index in [2.05, 4.69) is 10.4 Å². The molecule has 24 heavy (non-hydrogen) atoms. The van der Waals surface area contributed by atoms with Gasteiger partial charge >= 0.3 is 0 Å². The fourth-order valence-electron chi connectivity index (χ4n) is 2.93. The highest BCUT2D eigenvalue weighted by Crippen LogP contribution is 2.20. The van der Waals surface area contributed by atoms with Crippen LogP contribution in [0.5, 0.6) is 0 Å². The van der Waals surface area contributed by atoms with E-state index in [1.165, 1.54) is 0 Å². The largest absolute Gasteiger partial charge is 0.376 e. The molecule has 3 rings (SSSR count). The number of hydrogen-bond donors (Lipinski definition) is 1. The van der Waals surface area contributed by atoms with Crippen LogP contribution in [-0.2, 0) is 11.3 Å². The average molecular weight is 348 g/mol. The highest BCUT2D eigenvalue weighted by molar-refractivity contribution is 6.31. The highest BCUT2D eigenvalue weighted by Gasteiger charge is 2.17. The van der Waals surface area contributed by atoms with E-state index in [4.69, 9.17) is 16.3 Å². The van der Waals surface area contributed by atoms with E-state index in [1.54, 1.807) is 0 Å². The molecule has 1 atom stereocenters. The summed E-state index contributed by atoms with van der Waals surface area (Å²) < 4.78 is 7.39. The predicted molar refractivity (Wildman–Crippen MR) is 93.6 cm³/mol. The van der Waals surface area contributed by atoms with E-state index >= 15 is 0 Å². The number of carbonyl (C=O) groups is 1. The molecule has 2 aromatic rings. The summed E-state index contributed by atoms with van der Waals surface area (Å²) >= 11 is 6.19. The minimum absolute atomic E-state index is 0.0706. The van der Waals surface area contributed by atoms with E-state index in [0.717, 1.165) is 36.4 Å². The standard InChI is InChI=1S/C18H22ClN3O2/c1-12-17(19)13(2)22(21-12)11-14-5-3-6-15(9-14)18(23)20-10-16-7-4-8-24-16/h3,5-6,9,16H,4,7-8,10-11H2,1-2H3,(H,20,23)/t16-/m1/s1. The maximum absolute atomic E-state index is 12.3. The monoisotopic (exact) mass is 347 g/mol. The van der Waals surface area contributed by atoms with Crippen LogP contribution in [0, 0.1) is 13.8 Å². The lowest BCUT2D eigenvalue weighted by molar-refractivity contribution is 0.0857. The summed E-state index contributed by atoms with van der Waals surface area (Å²) in [5, 5.41) is 8.08. The van der Waals surface area contributed by atoms with Gasteiger partial charge in [0.1, 0.15) is 0 Å². The molecule has 1 amide bonds. The Morgan fingerprint density at radius 1 is 1.46 bits per heavy atom. The predicted octanol–water partition coefficient (Wildman–Crippen LogP) is 3.11. The number of benzene rings is 1. The minimum Gasteiger partial charge on any atom is -0.376 e. The van der Waals surface area contributed by atoms with Gasteiger partial charge in [-0.25, -0.2) is 0 Å². The number of nitrogens with zero attached hydrogens (tertiary/aromatic N) is 2. The Morgan fingerprint density at radius 2 is 2.29 bits per heavy atom. The molecular formula is C18H22ClN3O2. The van der Waals surface area contributed by atoms with Gasteiger partial charge in [0.15, 0.2) is 0 Å². The van der Waals surface area contributed by atoms with Crippen molar-refractivity contribution in [2.75, 3.05) is 13.2 Å². The van der Waals surface area contributed by atoms with Crippen molar-refractivity contribution in [1.82, 2.24) is 15.1 Å². The molecule has 1 saturated heterocycles.